The van der Waals surface area contributed by atoms with Gasteiger partial charge in [-0.3, -0.25) is 9.59 Å². The first-order valence-corrected chi connectivity index (χ1v) is 8.72. The largest absolute Gasteiger partial charge is 0.482 e. The van der Waals surface area contributed by atoms with Crippen molar-refractivity contribution < 1.29 is 9.53 Å². The van der Waals surface area contributed by atoms with Crippen molar-refractivity contribution in [2.24, 2.45) is 0 Å². The summed E-state index contributed by atoms with van der Waals surface area (Å²) in [4.78, 5) is 30.7. The molecule has 0 unspecified atom stereocenters. The highest BCUT2D eigenvalue weighted by Gasteiger charge is 2.09. The SMILES string of the molecule is Cc1cc(=O)[nH]c(-c2cccc(NC(=O)COc3ccc(Cl)cc3Cl)c2)n1. The van der Waals surface area contributed by atoms with Gasteiger partial charge in [-0.15, -0.1) is 0 Å². The Balaban J connectivity index is 1.68. The van der Waals surface area contributed by atoms with Gasteiger partial charge in [0, 0.05) is 28.0 Å². The number of halogens is 2. The molecule has 27 heavy (non-hydrogen) atoms. The van der Waals surface area contributed by atoms with Gasteiger partial charge < -0.3 is 15.0 Å². The number of hydrogen-bond acceptors (Lipinski definition) is 4. The number of anilines is 1. The Labute approximate surface area is 165 Å². The fourth-order valence-corrected chi connectivity index (χ4v) is 2.86. The summed E-state index contributed by atoms with van der Waals surface area (Å²) < 4.78 is 5.41. The van der Waals surface area contributed by atoms with E-state index in [0.717, 1.165) is 0 Å². The van der Waals surface area contributed by atoms with E-state index in [0.29, 0.717) is 38.6 Å². The van der Waals surface area contributed by atoms with E-state index in [-0.39, 0.29) is 18.1 Å². The number of amides is 1. The maximum absolute atomic E-state index is 12.1. The van der Waals surface area contributed by atoms with Crippen LogP contribution in [0, 0.1) is 6.92 Å². The second kappa shape index (κ2) is 8.24. The molecule has 1 heterocycles. The van der Waals surface area contributed by atoms with Crippen molar-refractivity contribution in [3.8, 4) is 17.1 Å². The number of carbonyl (C=O) groups excluding carboxylic acids is 1. The van der Waals surface area contributed by atoms with E-state index in [1.807, 2.05) is 0 Å². The monoisotopic (exact) mass is 403 g/mol. The number of carbonyl (C=O) groups is 1. The summed E-state index contributed by atoms with van der Waals surface area (Å²) in [6, 6.07) is 13.2. The van der Waals surface area contributed by atoms with Crippen LogP contribution in [0.5, 0.6) is 5.75 Å². The van der Waals surface area contributed by atoms with Crippen LogP contribution in [-0.4, -0.2) is 22.5 Å². The molecule has 8 heteroatoms. The average Bonchev–Trinajstić information content (AvgIpc) is 2.60. The highest BCUT2D eigenvalue weighted by atomic mass is 35.5. The van der Waals surface area contributed by atoms with Gasteiger partial charge in [-0.25, -0.2) is 4.98 Å². The van der Waals surface area contributed by atoms with Crippen molar-refractivity contribution in [3.05, 3.63) is 74.6 Å². The molecule has 0 aliphatic rings. The lowest BCUT2D eigenvalue weighted by molar-refractivity contribution is -0.118. The van der Waals surface area contributed by atoms with E-state index >= 15 is 0 Å². The number of aromatic nitrogens is 2. The number of aryl methyl sites for hydroxylation is 1. The van der Waals surface area contributed by atoms with Gasteiger partial charge in [0.1, 0.15) is 11.6 Å². The van der Waals surface area contributed by atoms with E-state index in [1.165, 1.54) is 12.1 Å². The zero-order valence-electron chi connectivity index (χ0n) is 14.3. The predicted molar refractivity (Wildman–Crippen MR) is 106 cm³/mol. The van der Waals surface area contributed by atoms with Gasteiger partial charge >= 0.3 is 0 Å². The van der Waals surface area contributed by atoms with Gasteiger partial charge in [0.25, 0.3) is 11.5 Å². The summed E-state index contributed by atoms with van der Waals surface area (Å²) in [5.74, 6) is 0.440. The lowest BCUT2D eigenvalue weighted by Crippen LogP contribution is -2.20. The molecule has 0 saturated carbocycles. The molecule has 1 amide bonds. The van der Waals surface area contributed by atoms with Gasteiger partial charge in [-0.05, 0) is 37.3 Å². The summed E-state index contributed by atoms with van der Waals surface area (Å²) in [7, 11) is 0. The molecule has 6 nitrogen and oxygen atoms in total. The van der Waals surface area contributed by atoms with Crippen molar-refractivity contribution in [3.63, 3.8) is 0 Å². The molecule has 3 rings (SSSR count). The molecule has 0 aliphatic carbocycles. The lowest BCUT2D eigenvalue weighted by Gasteiger charge is -2.10. The van der Waals surface area contributed by atoms with Crippen LogP contribution in [0.3, 0.4) is 0 Å². The standard InChI is InChI=1S/C19H15Cl2N3O3/c1-11-7-17(25)24-19(22-11)12-3-2-4-14(8-12)23-18(26)10-27-16-6-5-13(20)9-15(16)21/h2-9H,10H2,1H3,(H,23,26)(H,22,24,25). The molecule has 0 atom stereocenters. The van der Waals surface area contributed by atoms with E-state index in [1.54, 1.807) is 43.3 Å². The highest BCUT2D eigenvalue weighted by Crippen LogP contribution is 2.27. The van der Waals surface area contributed by atoms with Crippen LogP contribution in [-0.2, 0) is 4.79 Å². The second-order valence-electron chi connectivity index (χ2n) is 5.73. The number of hydrogen-bond donors (Lipinski definition) is 2. The first kappa shape index (κ1) is 18.9. The fourth-order valence-electron chi connectivity index (χ4n) is 2.39. The Hall–Kier alpha value is -2.83. The predicted octanol–water partition coefficient (Wildman–Crippen LogP) is 4.07. The Morgan fingerprint density at radius 3 is 2.74 bits per heavy atom. The van der Waals surface area contributed by atoms with Gasteiger partial charge in [0.05, 0.1) is 5.02 Å². The molecule has 1 aromatic heterocycles. The first-order chi connectivity index (χ1) is 12.9. The smallest absolute Gasteiger partial charge is 0.262 e. The number of aromatic amines is 1. The van der Waals surface area contributed by atoms with Gasteiger partial charge in [0.2, 0.25) is 0 Å². The summed E-state index contributed by atoms with van der Waals surface area (Å²) in [6.07, 6.45) is 0. The van der Waals surface area contributed by atoms with Crippen LogP contribution < -0.4 is 15.6 Å². The molecule has 0 saturated heterocycles. The molecule has 0 spiro atoms. The number of ether oxygens (including phenoxy) is 1. The Morgan fingerprint density at radius 2 is 2.00 bits per heavy atom. The quantitative estimate of drug-likeness (QED) is 0.672. The van der Waals surface area contributed by atoms with Crippen LogP contribution in [0.4, 0.5) is 5.69 Å². The van der Waals surface area contributed by atoms with E-state index in [4.69, 9.17) is 27.9 Å². The van der Waals surface area contributed by atoms with E-state index in [2.05, 4.69) is 15.3 Å². The first-order valence-electron chi connectivity index (χ1n) is 7.97. The Kier molecular flexibility index (Phi) is 5.78. The van der Waals surface area contributed by atoms with Crippen molar-refractivity contribution in [1.29, 1.82) is 0 Å². The van der Waals surface area contributed by atoms with Gasteiger partial charge in [0.15, 0.2) is 6.61 Å². The summed E-state index contributed by atoms with van der Waals surface area (Å²) in [6.45, 7) is 1.52. The molecule has 0 aliphatic heterocycles. The molecule has 0 radical (unpaired) electrons. The molecule has 2 aromatic carbocycles. The Morgan fingerprint density at radius 1 is 1.19 bits per heavy atom. The molecule has 138 valence electrons. The number of rotatable bonds is 5. The molecule has 2 N–H and O–H groups in total. The zero-order valence-corrected chi connectivity index (χ0v) is 15.8. The molecule has 3 aromatic rings. The minimum absolute atomic E-state index is 0.217. The third-order valence-electron chi connectivity index (χ3n) is 3.54. The average molecular weight is 404 g/mol. The van der Waals surface area contributed by atoms with E-state index in [9.17, 15) is 9.59 Å². The maximum atomic E-state index is 12.1. The summed E-state index contributed by atoms with van der Waals surface area (Å²) in [5.41, 5.74) is 1.60. The minimum Gasteiger partial charge on any atom is -0.482 e. The minimum atomic E-state index is -0.358. The van der Waals surface area contributed by atoms with Crippen LogP contribution in [0.15, 0.2) is 53.3 Å². The highest BCUT2D eigenvalue weighted by molar-refractivity contribution is 6.35. The van der Waals surface area contributed by atoms with Crippen molar-refractivity contribution in [2.45, 2.75) is 6.92 Å². The Bertz CT molecular complexity index is 1050. The molecule has 0 fully saturated rings. The molecule has 0 bridgehead atoms. The van der Waals surface area contributed by atoms with Crippen molar-refractivity contribution in [1.82, 2.24) is 9.97 Å². The lowest BCUT2D eigenvalue weighted by atomic mass is 10.2. The number of H-pyrrole nitrogens is 1. The molecular weight excluding hydrogens is 389 g/mol. The third kappa shape index (κ3) is 5.09. The topological polar surface area (TPSA) is 84.1 Å². The molecular formula is C19H15Cl2N3O3. The fraction of sp³-hybridized carbons (Fsp3) is 0.105. The van der Waals surface area contributed by atoms with Crippen LogP contribution in [0.25, 0.3) is 11.4 Å². The van der Waals surface area contributed by atoms with E-state index < -0.39 is 0 Å². The number of nitrogens with zero attached hydrogens (tertiary/aromatic N) is 1. The van der Waals surface area contributed by atoms with Gasteiger partial charge in [-0.1, -0.05) is 35.3 Å². The van der Waals surface area contributed by atoms with Crippen LogP contribution in [0.1, 0.15) is 5.69 Å². The van der Waals surface area contributed by atoms with Crippen molar-refractivity contribution in [2.75, 3.05) is 11.9 Å². The number of benzene rings is 2. The second-order valence-corrected chi connectivity index (χ2v) is 6.57. The maximum Gasteiger partial charge on any atom is 0.262 e. The zero-order chi connectivity index (χ0) is 19.4. The summed E-state index contributed by atoms with van der Waals surface area (Å²) in [5, 5.41) is 3.54. The number of nitrogens with one attached hydrogen (secondary N) is 2. The van der Waals surface area contributed by atoms with Crippen LogP contribution >= 0.6 is 23.2 Å². The van der Waals surface area contributed by atoms with Crippen LogP contribution in [0.2, 0.25) is 10.0 Å². The normalized spacial score (nSPS) is 10.5. The third-order valence-corrected chi connectivity index (χ3v) is 4.07. The van der Waals surface area contributed by atoms with Crippen molar-refractivity contribution >= 4 is 34.8 Å². The van der Waals surface area contributed by atoms with Gasteiger partial charge in [-0.2, -0.15) is 0 Å². The summed E-state index contributed by atoms with van der Waals surface area (Å²) >= 11 is 11.8.